The summed E-state index contributed by atoms with van der Waals surface area (Å²) in [5.74, 6) is 0.779. The van der Waals surface area contributed by atoms with Crippen LogP contribution in [-0.2, 0) is 4.79 Å². The van der Waals surface area contributed by atoms with E-state index in [0.29, 0.717) is 22.8 Å². The van der Waals surface area contributed by atoms with Gasteiger partial charge in [-0.1, -0.05) is 18.2 Å². The molecule has 0 aliphatic carbocycles. The Bertz CT molecular complexity index is 1130. The number of hydrogen-bond acceptors (Lipinski definition) is 7. The molecule has 9 heteroatoms. The van der Waals surface area contributed by atoms with E-state index in [1.807, 2.05) is 47.2 Å². The highest BCUT2D eigenvalue weighted by atomic mass is 32.1. The summed E-state index contributed by atoms with van der Waals surface area (Å²) in [7, 11) is 4.80. The van der Waals surface area contributed by atoms with E-state index in [9.17, 15) is 9.59 Å². The Labute approximate surface area is 194 Å². The molecule has 0 radical (unpaired) electrons. The lowest BCUT2D eigenvalue weighted by Crippen LogP contribution is -2.39. The van der Waals surface area contributed by atoms with Gasteiger partial charge < -0.3 is 14.4 Å². The van der Waals surface area contributed by atoms with Gasteiger partial charge in [-0.15, -0.1) is 22.7 Å². The fraction of sp³-hybridized carbons (Fsp3) is 0.261. The fourth-order valence-electron chi connectivity index (χ4n) is 3.59. The first kappa shape index (κ1) is 22.0. The Hall–Kier alpha value is -3.17. The predicted octanol–water partition coefficient (Wildman–Crippen LogP) is 4.28. The number of benzene rings is 1. The smallest absolute Gasteiger partial charge is 0.264 e. The number of nitrogens with zero attached hydrogens (tertiary/aromatic N) is 3. The molecule has 3 aromatic rings. The summed E-state index contributed by atoms with van der Waals surface area (Å²) in [5.41, 5.74) is 1.74. The zero-order valence-electron chi connectivity index (χ0n) is 18.0. The number of ether oxygens (including phenoxy) is 2. The number of thiophene rings is 2. The van der Waals surface area contributed by atoms with Gasteiger partial charge in [-0.2, -0.15) is 5.10 Å². The Kier molecular flexibility index (Phi) is 6.57. The summed E-state index contributed by atoms with van der Waals surface area (Å²) in [6.07, 6.45) is 0.574. The third-order valence-electron chi connectivity index (χ3n) is 5.21. The first-order chi connectivity index (χ1) is 15.5. The molecular formula is C23H23N3O4S2. The topological polar surface area (TPSA) is 71.4 Å². The molecule has 0 N–H and O–H groups in total. The maximum absolute atomic E-state index is 13.3. The third-order valence-corrected chi connectivity index (χ3v) is 6.99. The molecule has 2 amide bonds. The molecule has 0 fully saturated rings. The lowest BCUT2D eigenvalue weighted by Gasteiger charge is -2.25. The molecule has 32 heavy (non-hydrogen) atoms. The van der Waals surface area contributed by atoms with E-state index in [-0.39, 0.29) is 24.4 Å². The largest absolute Gasteiger partial charge is 0.493 e. The molecule has 0 saturated heterocycles. The van der Waals surface area contributed by atoms with Crippen molar-refractivity contribution in [2.75, 3.05) is 27.8 Å². The minimum absolute atomic E-state index is 0.0677. The van der Waals surface area contributed by atoms with Crippen LogP contribution in [0.15, 0.2) is 58.3 Å². The predicted molar refractivity (Wildman–Crippen MR) is 126 cm³/mol. The van der Waals surface area contributed by atoms with Crippen molar-refractivity contribution >= 4 is 40.2 Å². The Morgan fingerprint density at radius 1 is 1.09 bits per heavy atom. The van der Waals surface area contributed by atoms with Crippen LogP contribution in [0.3, 0.4) is 0 Å². The summed E-state index contributed by atoms with van der Waals surface area (Å²) >= 11 is 2.94. The van der Waals surface area contributed by atoms with E-state index in [1.54, 1.807) is 38.7 Å². The third kappa shape index (κ3) is 4.39. The molecule has 4 rings (SSSR count). The number of likely N-dealkylation sites (N-methyl/N-ethyl adjacent to an activating group) is 1. The highest BCUT2D eigenvalue weighted by molar-refractivity contribution is 7.12. The molecule has 1 aliphatic rings. The van der Waals surface area contributed by atoms with Crippen molar-refractivity contribution < 1.29 is 19.1 Å². The highest BCUT2D eigenvalue weighted by Gasteiger charge is 2.34. The van der Waals surface area contributed by atoms with Gasteiger partial charge in [0, 0.05) is 13.5 Å². The molecule has 1 aliphatic heterocycles. The molecule has 1 unspecified atom stereocenters. The monoisotopic (exact) mass is 469 g/mol. The number of hydrazone groups is 1. The number of rotatable bonds is 7. The van der Waals surface area contributed by atoms with Crippen molar-refractivity contribution in [3.8, 4) is 11.5 Å². The molecule has 7 nitrogen and oxygen atoms in total. The summed E-state index contributed by atoms with van der Waals surface area (Å²) in [6, 6.07) is 12.8. The van der Waals surface area contributed by atoms with Gasteiger partial charge in [0.25, 0.3) is 11.8 Å². The summed E-state index contributed by atoms with van der Waals surface area (Å²) in [6.45, 7) is -0.0677. The van der Waals surface area contributed by atoms with E-state index < -0.39 is 0 Å². The molecule has 2 aromatic heterocycles. The van der Waals surface area contributed by atoms with Crippen LogP contribution in [0.25, 0.3) is 0 Å². The van der Waals surface area contributed by atoms with Gasteiger partial charge in [0.1, 0.15) is 6.54 Å². The molecule has 3 heterocycles. The summed E-state index contributed by atoms with van der Waals surface area (Å²) in [5, 5.41) is 9.99. The van der Waals surface area contributed by atoms with Gasteiger partial charge in [0.2, 0.25) is 0 Å². The second-order valence-corrected chi connectivity index (χ2v) is 9.13. The summed E-state index contributed by atoms with van der Waals surface area (Å²) < 4.78 is 10.8. The van der Waals surface area contributed by atoms with Crippen LogP contribution in [0.1, 0.15) is 32.6 Å². The molecule has 166 valence electrons. The van der Waals surface area contributed by atoms with Gasteiger partial charge in [0.05, 0.1) is 35.7 Å². The van der Waals surface area contributed by atoms with E-state index in [0.717, 1.165) is 16.2 Å². The number of hydrogen-bond donors (Lipinski definition) is 0. The van der Waals surface area contributed by atoms with Crippen LogP contribution in [-0.4, -0.2) is 55.2 Å². The van der Waals surface area contributed by atoms with Crippen molar-refractivity contribution in [2.45, 2.75) is 12.5 Å². The first-order valence-corrected chi connectivity index (χ1v) is 11.7. The fourth-order valence-corrected chi connectivity index (χ4v) is 5.03. The Morgan fingerprint density at radius 3 is 2.50 bits per heavy atom. The van der Waals surface area contributed by atoms with Crippen molar-refractivity contribution in [2.24, 2.45) is 5.10 Å². The minimum atomic E-state index is -0.301. The number of methoxy groups -OCH3 is 2. The van der Waals surface area contributed by atoms with Crippen LogP contribution in [0.2, 0.25) is 0 Å². The van der Waals surface area contributed by atoms with Crippen LogP contribution in [0.4, 0.5) is 0 Å². The van der Waals surface area contributed by atoms with Gasteiger partial charge >= 0.3 is 0 Å². The van der Waals surface area contributed by atoms with Gasteiger partial charge in [0.15, 0.2) is 11.5 Å². The second kappa shape index (κ2) is 9.54. The van der Waals surface area contributed by atoms with Crippen LogP contribution in [0, 0.1) is 0 Å². The average molecular weight is 470 g/mol. The van der Waals surface area contributed by atoms with Crippen LogP contribution in [0.5, 0.6) is 11.5 Å². The maximum atomic E-state index is 13.3. The lowest BCUT2D eigenvalue weighted by atomic mass is 10.0. The SMILES string of the molecule is COc1ccc(C2CC(c3cccs3)=NN2C(=O)CN(C)C(=O)c2cccs2)cc1OC. The van der Waals surface area contributed by atoms with Gasteiger partial charge in [-0.3, -0.25) is 9.59 Å². The summed E-state index contributed by atoms with van der Waals surface area (Å²) in [4.78, 5) is 28.9. The van der Waals surface area contributed by atoms with Crippen molar-refractivity contribution in [3.63, 3.8) is 0 Å². The molecule has 0 bridgehead atoms. The Balaban J connectivity index is 1.61. The van der Waals surface area contributed by atoms with E-state index >= 15 is 0 Å². The highest BCUT2D eigenvalue weighted by Crippen LogP contribution is 2.38. The minimum Gasteiger partial charge on any atom is -0.493 e. The molecule has 1 aromatic carbocycles. The molecule has 0 spiro atoms. The number of amides is 2. The van der Waals surface area contributed by atoms with Gasteiger partial charge in [-0.05, 0) is 40.6 Å². The number of carbonyl (C=O) groups is 2. The average Bonchev–Trinajstić information content (AvgIpc) is 3.58. The molecular weight excluding hydrogens is 446 g/mol. The van der Waals surface area contributed by atoms with Crippen LogP contribution < -0.4 is 9.47 Å². The van der Waals surface area contributed by atoms with E-state index in [2.05, 4.69) is 5.10 Å². The first-order valence-electron chi connectivity index (χ1n) is 9.96. The van der Waals surface area contributed by atoms with Crippen molar-refractivity contribution in [1.82, 2.24) is 9.91 Å². The Morgan fingerprint density at radius 2 is 1.84 bits per heavy atom. The zero-order valence-corrected chi connectivity index (χ0v) is 19.6. The van der Waals surface area contributed by atoms with Gasteiger partial charge in [-0.25, -0.2) is 5.01 Å². The zero-order chi connectivity index (χ0) is 22.7. The second-order valence-electron chi connectivity index (χ2n) is 7.24. The molecule has 1 atom stereocenters. The van der Waals surface area contributed by atoms with E-state index in [1.165, 1.54) is 21.2 Å². The van der Waals surface area contributed by atoms with Crippen molar-refractivity contribution in [1.29, 1.82) is 0 Å². The van der Waals surface area contributed by atoms with Crippen molar-refractivity contribution in [3.05, 3.63) is 68.5 Å². The standard InChI is InChI=1S/C23H23N3O4S2/c1-25(23(28)21-7-5-11-32-21)14-22(27)26-17(13-16(24-26)20-6-4-10-31-20)15-8-9-18(29-2)19(12-15)30-3/h4-12,17H,13-14H2,1-3H3. The maximum Gasteiger partial charge on any atom is 0.264 e. The quantitative estimate of drug-likeness (QED) is 0.518. The van der Waals surface area contributed by atoms with E-state index in [4.69, 9.17) is 9.47 Å². The van der Waals surface area contributed by atoms with Crippen LogP contribution >= 0.6 is 22.7 Å². The normalized spacial score (nSPS) is 15.4. The number of carbonyl (C=O) groups excluding carboxylic acids is 2. The molecule has 0 saturated carbocycles. The lowest BCUT2D eigenvalue weighted by molar-refractivity contribution is -0.133.